The Morgan fingerprint density at radius 3 is 2.31 bits per heavy atom. The van der Waals surface area contributed by atoms with Crippen LogP contribution in [0.25, 0.3) is 0 Å². The molecule has 0 atom stereocenters. The first-order valence-corrected chi connectivity index (χ1v) is 4.15. The van der Waals surface area contributed by atoms with Crippen LogP contribution in [0.3, 0.4) is 0 Å². The van der Waals surface area contributed by atoms with Crippen molar-refractivity contribution in [1.82, 2.24) is 0 Å². The highest BCUT2D eigenvalue weighted by atomic mass is 79.9. The third-order valence-electron chi connectivity index (χ3n) is 1.31. The summed E-state index contributed by atoms with van der Waals surface area (Å²) in [5, 5.41) is -1.18. The number of rotatable bonds is 1. The molecule has 0 aliphatic rings. The third kappa shape index (κ3) is 1.86. The van der Waals surface area contributed by atoms with E-state index in [9.17, 15) is 18.0 Å². The zero-order valence-corrected chi connectivity index (χ0v) is 8.22. The van der Waals surface area contributed by atoms with Crippen LogP contribution >= 0.6 is 27.5 Å². The van der Waals surface area contributed by atoms with Gasteiger partial charge >= 0.3 is 0 Å². The van der Waals surface area contributed by atoms with Crippen LogP contribution in [0.15, 0.2) is 10.5 Å². The van der Waals surface area contributed by atoms with Crippen molar-refractivity contribution in [3.8, 4) is 0 Å². The quantitative estimate of drug-likeness (QED) is 0.436. The molecular weight excluding hydrogens is 272 g/mol. The highest BCUT2D eigenvalue weighted by Gasteiger charge is 2.19. The molecular formula is C7HBrClF3O. The zero-order chi connectivity index (χ0) is 10.2. The third-order valence-corrected chi connectivity index (χ3v) is 2.21. The monoisotopic (exact) mass is 272 g/mol. The standard InChI is InChI=1S/C7HBrClF3O/c8-4-5(11)2(7(9)13)1-3(10)6(4)12/h1H. The second kappa shape index (κ2) is 3.67. The first kappa shape index (κ1) is 10.5. The smallest absolute Gasteiger partial charge is 0.255 e. The minimum atomic E-state index is -1.39. The van der Waals surface area contributed by atoms with Gasteiger partial charge in [0.2, 0.25) is 0 Å². The lowest BCUT2D eigenvalue weighted by atomic mass is 10.2. The second-order valence-corrected chi connectivity index (χ2v) is 3.26. The predicted molar refractivity (Wildman–Crippen MR) is 44.2 cm³/mol. The number of carbonyl (C=O) groups excluding carboxylic acids is 1. The topological polar surface area (TPSA) is 17.1 Å². The van der Waals surface area contributed by atoms with Gasteiger partial charge in [0, 0.05) is 0 Å². The molecule has 0 unspecified atom stereocenters. The maximum absolute atomic E-state index is 12.9. The van der Waals surface area contributed by atoms with Crippen LogP contribution in [-0.4, -0.2) is 5.24 Å². The fraction of sp³-hybridized carbons (Fsp3) is 0. The first-order chi connectivity index (χ1) is 5.95. The van der Waals surface area contributed by atoms with Crippen molar-refractivity contribution in [2.45, 2.75) is 0 Å². The Kier molecular flexibility index (Phi) is 2.98. The van der Waals surface area contributed by atoms with Gasteiger partial charge in [0.15, 0.2) is 17.5 Å². The zero-order valence-electron chi connectivity index (χ0n) is 5.88. The number of hydrogen-bond donors (Lipinski definition) is 0. The van der Waals surface area contributed by atoms with Gasteiger partial charge in [-0.2, -0.15) is 0 Å². The summed E-state index contributed by atoms with van der Waals surface area (Å²) < 4.78 is 37.4. The van der Waals surface area contributed by atoms with Gasteiger partial charge in [0.05, 0.1) is 10.0 Å². The molecule has 70 valence electrons. The number of halogens is 5. The van der Waals surface area contributed by atoms with Crippen molar-refractivity contribution in [3.05, 3.63) is 33.6 Å². The molecule has 1 aromatic rings. The Labute approximate surface area is 84.6 Å². The summed E-state index contributed by atoms with van der Waals surface area (Å²) in [4.78, 5) is 10.5. The van der Waals surface area contributed by atoms with E-state index in [-0.39, 0.29) is 0 Å². The molecule has 0 spiro atoms. The molecule has 0 aromatic heterocycles. The molecule has 0 saturated carbocycles. The average molecular weight is 273 g/mol. The van der Waals surface area contributed by atoms with E-state index in [1.807, 2.05) is 0 Å². The van der Waals surface area contributed by atoms with Gasteiger partial charge in [-0.05, 0) is 33.6 Å². The predicted octanol–water partition coefficient (Wildman–Crippen LogP) is 3.25. The SMILES string of the molecule is O=C(Cl)c1cc(F)c(F)c(Br)c1F. The molecule has 6 heteroatoms. The van der Waals surface area contributed by atoms with Crippen LogP contribution in [0.4, 0.5) is 13.2 Å². The number of carbonyl (C=O) groups is 1. The van der Waals surface area contributed by atoms with E-state index in [1.54, 1.807) is 0 Å². The van der Waals surface area contributed by atoms with Gasteiger partial charge in [0.25, 0.3) is 5.24 Å². The highest BCUT2D eigenvalue weighted by Crippen LogP contribution is 2.25. The molecule has 0 bridgehead atoms. The van der Waals surface area contributed by atoms with Crippen LogP contribution in [0.2, 0.25) is 0 Å². The van der Waals surface area contributed by atoms with Gasteiger partial charge < -0.3 is 0 Å². The van der Waals surface area contributed by atoms with Gasteiger partial charge in [-0.3, -0.25) is 4.79 Å². The molecule has 0 saturated heterocycles. The summed E-state index contributed by atoms with van der Waals surface area (Å²) in [6.45, 7) is 0. The average Bonchev–Trinajstić information content (AvgIpc) is 2.07. The molecule has 0 N–H and O–H groups in total. The van der Waals surface area contributed by atoms with Crippen LogP contribution in [0.1, 0.15) is 10.4 Å². The maximum Gasteiger partial charge on any atom is 0.255 e. The second-order valence-electron chi connectivity index (χ2n) is 2.12. The van der Waals surface area contributed by atoms with E-state index in [1.165, 1.54) is 0 Å². The van der Waals surface area contributed by atoms with Crippen LogP contribution in [0.5, 0.6) is 0 Å². The Morgan fingerprint density at radius 1 is 1.31 bits per heavy atom. The number of hydrogen-bond acceptors (Lipinski definition) is 1. The summed E-state index contributed by atoms with van der Waals surface area (Å²) in [5.41, 5.74) is -0.701. The van der Waals surface area contributed by atoms with Crippen molar-refractivity contribution in [1.29, 1.82) is 0 Å². The van der Waals surface area contributed by atoms with Gasteiger partial charge in [-0.15, -0.1) is 0 Å². The van der Waals surface area contributed by atoms with E-state index in [2.05, 4.69) is 15.9 Å². The highest BCUT2D eigenvalue weighted by molar-refractivity contribution is 9.10. The summed E-state index contributed by atoms with van der Waals surface area (Å²) in [5.74, 6) is -3.93. The molecule has 0 radical (unpaired) electrons. The molecule has 0 aliphatic carbocycles. The van der Waals surface area contributed by atoms with Crippen molar-refractivity contribution in [2.24, 2.45) is 0 Å². The fourth-order valence-electron chi connectivity index (χ4n) is 0.716. The Bertz CT molecular complexity index is 380. The molecule has 13 heavy (non-hydrogen) atoms. The maximum atomic E-state index is 12.9. The lowest BCUT2D eigenvalue weighted by molar-refractivity contribution is 0.107. The van der Waals surface area contributed by atoms with E-state index < -0.39 is 32.7 Å². The van der Waals surface area contributed by atoms with Crippen LogP contribution in [-0.2, 0) is 0 Å². The van der Waals surface area contributed by atoms with E-state index >= 15 is 0 Å². The molecule has 0 heterocycles. The van der Waals surface area contributed by atoms with Gasteiger partial charge in [-0.25, -0.2) is 13.2 Å². The fourth-order valence-corrected chi connectivity index (χ4v) is 1.26. The molecule has 1 nitrogen and oxygen atoms in total. The summed E-state index contributed by atoms with van der Waals surface area (Å²) in [6, 6.07) is 0.407. The van der Waals surface area contributed by atoms with Gasteiger partial charge in [0.1, 0.15) is 0 Å². The van der Waals surface area contributed by atoms with E-state index in [0.717, 1.165) is 0 Å². The number of benzene rings is 1. The van der Waals surface area contributed by atoms with Crippen molar-refractivity contribution >= 4 is 32.8 Å². The Balaban J connectivity index is 3.50. The van der Waals surface area contributed by atoms with Crippen LogP contribution in [0, 0.1) is 17.5 Å². The molecule has 0 aliphatic heterocycles. The normalized spacial score (nSPS) is 10.2. The van der Waals surface area contributed by atoms with E-state index in [4.69, 9.17) is 11.6 Å². The summed E-state index contributed by atoms with van der Waals surface area (Å²) >= 11 is 7.36. The van der Waals surface area contributed by atoms with Crippen molar-refractivity contribution in [3.63, 3.8) is 0 Å². The lowest BCUT2D eigenvalue weighted by Gasteiger charge is -2.01. The van der Waals surface area contributed by atoms with Crippen LogP contribution < -0.4 is 0 Å². The summed E-state index contributed by atoms with van der Waals surface area (Å²) in [7, 11) is 0. The summed E-state index contributed by atoms with van der Waals surface area (Å²) in [6.07, 6.45) is 0. The Hall–Kier alpha value is -0.550. The van der Waals surface area contributed by atoms with Gasteiger partial charge in [-0.1, -0.05) is 0 Å². The minimum absolute atomic E-state index is 0.407. The molecule has 1 aromatic carbocycles. The van der Waals surface area contributed by atoms with Crippen molar-refractivity contribution < 1.29 is 18.0 Å². The first-order valence-electron chi connectivity index (χ1n) is 2.98. The lowest BCUT2D eigenvalue weighted by Crippen LogP contribution is -2.00. The minimum Gasteiger partial charge on any atom is -0.275 e. The van der Waals surface area contributed by atoms with E-state index in [0.29, 0.717) is 6.07 Å². The molecule has 0 amide bonds. The largest absolute Gasteiger partial charge is 0.275 e. The molecule has 0 fully saturated rings. The van der Waals surface area contributed by atoms with Crippen molar-refractivity contribution in [2.75, 3.05) is 0 Å². The Morgan fingerprint density at radius 2 is 1.85 bits per heavy atom. The molecule has 1 rings (SSSR count).